The molecule has 3 N–H and O–H groups in total. The number of carbonyl (C=O) groups excluding carboxylic acids is 1. The predicted octanol–water partition coefficient (Wildman–Crippen LogP) is -0.188. The van der Waals surface area contributed by atoms with Crippen LogP contribution >= 0.6 is 0 Å². The van der Waals surface area contributed by atoms with Gasteiger partial charge in [0, 0.05) is 12.1 Å². The van der Waals surface area contributed by atoms with Gasteiger partial charge in [0.15, 0.2) is 0 Å². The molecule has 2 atom stereocenters. The molecule has 0 aliphatic heterocycles. The van der Waals surface area contributed by atoms with Crippen molar-refractivity contribution in [1.29, 1.82) is 0 Å². The van der Waals surface area contributed by atoms with Crippen molar-refractivity contribution in [3.05, 3.63) is 17.5 Å². The molecule has 2 rings (SSSR count). The van der Waals surface area contributed by atoms with Crippen LogP contribution in [0.4, 0.5) is 0 Å². The van der Waals surface area contributed by atoms with Crippen LogP contribution in [0.25, 0.3) is 0 Å². The second-order valence-electron chi connectivity index (χ2n) is 3.29. The molecule has 1 fully saturated rings. The summed E-state index contributed by atoms with van der Waals surface area (Å²) in [7, 11) is 0. The van der Waals surface area contributed by atoms with E-state index in [-0.39, 0.29) is 18.0 Å². The Morgan fingerprint density at radius 1 is 1.85 bits per heavy atom. The summed E-state index contributed by atoms with van der Waals surface area (Å²) >= 11 is 0. The van der Waals surface area contributed by atoms with Gasteiger partial charge in [0.2, 0.25) is 0 Å². The van der Waals surface area contributed by atoms with Gasteiger partial charge in [-0.1, -0.05) is 5.16 Å². The maximum Gasteiger partial charge on any atom is 0.256 e. The molecule has 1 aromatic rings. The number of hydrogen-bond acceptors (Lipinski definition) is 4. The van der Waals surface area contributed by atoms with Gasteiger partial charge in [-0.2, -0.15) is 0 Å². The third-order valence-corrected chi connectivity index (χ3v) is 2.15. The molecular formula is C8H11N3O2. The van der Waals surface area contributed by atoms with E-state index < -0.39 is 0 Å². The van der Waals surface area contributed by atoms with Crippen LogP contribution in [0, 0.1) is 6.92 Å². The number of carbonyl (C=O) groups is 1. The molecule has 1 aliphatic carbocycles. The molecule has 70 valence electrons. The Morgan fingerprint density at radius 2 is 2.54 bits per heavy atom. The Kier molecular flexibility index (Phi) is 1.81. The predicted molar refractivity (Wildman–Crippen MR) is 45.1 cm³/mol. The van der Waals surface area contributed by atoms with Crippen molar-refractivity contribution in [1.82, 2.24) is 10.5 Å². The van der Waals surface area contributed by atoms with E-state index in [1.165, 1.54) is 6.26 Å². The molecule has 0 bridgehead atoms. The smallest absolute Gasteiger partial charge is 0.256 e. The molecule has 0 spiro atoms. The van der Waals surface area contributed by atoms with Crippen molar-refractivity contribution in [3.8, 4) is 0 Å². The maximum absolute atomic E-state index is 11.5. The first-order valence-electron chi connectivity index (χ1n) is 4.16. The van der Waals surface area contributed by atoms with Gasteiger partial charge in [-0.05, 0) is 13.3 Å². The summed E-state index contributed by atoms with van der Waals surface area (Å²) in [5, 5.41) is 6.40. The largest absolute Gasteiger partial charge is 0.364 e. The first-order valence-corrected chi connectivity index (χ1v) is 4.16. The fraction of sp³-hybridized carbons (Fsp3) is 0.500. The third-order valence-electron chi connectivity index (χ3n) is 2.15. The van der Waals surface area contributed by atoms with Gasteiger partial charge >= 0.3 is 0 Å². The Hall–Kier alpha value is -1.36. The van der Waals surface area contributed by atoms with E-state index in [9.17, 15) is 4.79 Å². The summed E-state index contributed by atoms with van der Waals surface area (Å²) in [5.74, 6) is -0.156. The van der Waals surface area contributed by atoms with E-state index in [2.05, 4.69) is 15.0 Å². The van der Waals surface area contributed by atoms with Gasteiger partial charge in [-0.15, -0.1) is 0 Å². The Balaban J connectivity index is 2.01. The summed E-state index contributed by atoms with van der Waals surface area (Å²) in [6.45, 7) is 1.73. The van der Waals surface area contributed by atoms with Gasteiger partial charge in [-0.3, -0.25) is 4.79 Å². The van der Waals surface area contributed by atoms with Crippen LogP contribution in [0.1, 0.15) is 22.5 Å². The molecule has 1 heterocycles. The van der Waals surface area contributed by atoms with Crippen LogP contribution in [-0.4, -0.2) is 23.1 Å². The number of aromatic nitrogens is 1. The lowest BCUT2D eigenvalue weighted by atomic mass is 10.2. The highest BCUT2D eigenvalue weighted by Crippen LogP contribution is 2.18. The zero-order valence-electron chi connectivity index (χ0n) is 7.28. The summed E-state index contributed by atoms with van der Waals surface area (Å²) in [6.07, 6.45) is 2.20. The fourth-order valence-corrected chi connectivity index (χ4v) is 1.14. The summed E-state index contributed by atoms with van der Waals surface area (Å²) in [6, 6.07) is 0.242. The van der Waals surface area contributed by atoms with Crippen molar-refractivity contribution in [3.63, 3.8) is 0 Å². The van der Waals surface area contributed by atoms with E-state index in [1.54, 1.807) is 6.92 Å². The molecule has 1 aromatic heterocycles. The zero-order valence-corrected chi connectivity index (χ0v) is 7.28. The van der Waals surface area contributed by atoms with Crippen LogP contribution in [0.15, 0.2) is 10.8 Å². The first-order chi connectivity index (χ1) is 6.18. The molecule has 5 heteroatoms. The Labute approximate surface area is 75.3 Å². The van der Waals surface area contributed by atoms with Crippen LogP contribution < -0.4 is 11.1 Å². The second-order valence-corrected chi connectivity index (χ2v) is 3.29. The molecule has 0 saturated heterocycles. The zero-order chi connectivity index (χ0) is 9.42. The average Bonchev–Trinajstić information content (AvgIpc) is 2.62. The van der Waals surface area contributed by atoms with Crippen LogP contribution in [0.5, 0.6) is 0 Å². The van der Waals surface area contributed by atoms with Crippen LogP contribution in [0.3, 0.4) is 0 Å². The van der Waals surface area contributed by atoms with Crippen molar-refractivity contribution in [2.45, 2.75) is 25.4 Å². The number of aryl methyl sites for hydroxylation is 1. The van der Waals surface area contributed by atoms with Gasteiger partial charge < -0.3 is 15.6 Å². The number of nitrogens with zero attached hydrogens (tertiary/aromatic N) is 1. The highest BCUT2D eigenvalue weighted by Gasteiger charge is 2.35. The Bertz CT molecular complexity index is 334. The van der Waals surface area contributed by atoms with E-state index in [4.69, 9.17) is 5.73 Å². The van der Waals surface area contributed by atoms with E-state index in [0.29, 0.717) is 11.3 Å². The lowest BCUT2D eigenvalue weighted by Gasteiger charge is -2.00. The van der Waals surface area contributed by atoms with Crippen molar-refractivity contribution < 1.29 is 9.32 Å². The molecule has 5 nitrogen and oxygen atoms in total. The summed E-state index contributed by atoms with van der Waals surface area (Å²) in [4.78, 5) is 11.5. The van der Waals surface area contributed by atoms with Crippen LogP contribution in [-0.2, 0) is 0 Å². The standard InChI is InChI=1S/C8H11N3O2/c1-4-5(3-13-11-4)8(12)10-7-2-6(7)9/h3,6-7H,2,9H2,1H3,(H,10,12). The molecule has 0 aromatic carbocycles. The quantitative estimate of drug-likeness (QED) is 0.662. The molecule has 1 amide bonds. The van der Waals surface area contributed by atoms with Gasteiger partial charge in [0.1, 0.15) is 11.8 Å². The molecule has 13 heavy (non-hydrogen) atoms. The first kappa shape index (κ1) is 8.25. The highest BCUT2D eigenvalue weighted by atomic mass is 16.5. The molecule has 1 aliphatic rings. The van der Waals surface area contributed by atoms with E-state index >= 15 is 0 Å². The third kappa shape index (κ3) is 1.55. The van der Waals surface area contributed by atoms with E-state index in [0.717, 1.165) is 6.42 Å². The maximum atomic E-state index is 11.5. The molecule has 1 saturated carbocycles. The molecule has 0 radical (unpaired) electrons. The van der Waals surface area contributed by atoms with Crippen molar-refractivity contribution >= 4 is 5.91 Å². The van der Waals surface area contributed by atoms with Crippen molar-refractivity contribution in [2.75, 3.05) is 0 Å². The normalized spacial score (nSPS) is 25.7. The van der Waals surface area contributed by atoms with Gasteiger partial charge in [0.25, 0.3) is 5.91 Å². The lowest BCUT2D eigenvalue weighted by Crippen LogP contribution is -2.29. The monoisotopic (exact) mass is 181 g/mol. The topological polar surface area (TPSA) is 81.2 Å². The average molecular weight is 181 g/mol. The van der Waals surface area contributed by atoms with Gasteiger partial charge in [-0.25, -0.2) is 0 Å². The minimum atomic E-state index is -0.156. The van der Waals surface area contributed by atoms with Crippen molar-refractivity contribution in [2.24, 2.45) is 5.73 Å². The second kappa shape index (κ2) is 2.85. The number of nitrogens with two attached hydrogens (primary N) is 1. The minimum absolute atomic E-state index is 0.115. The van der Waals surface area contributed by atoms with Gasteiger partial charge in [0.05, 0.1) is 5.69 Å². The number of rotatable bonds is 2. The number of hydrogen-bond donors (Lipinski definition) is 2. The molecule has 2 unspecified atom stereocenters. The minimum Gasteiger partial charge on any atom is -0.364 e. The lowest BCUT2D eigenvalue weighted by molar-refractivity contribution is 0.0949. The number of nitrogens with one attached hydrogen (secondary N) is 1. The molecular weight excluding hydrogens is 170 g/mol. The summed E-state index contributed by atoms with van der Waals surface area (Å²) < 4.78 is 4.65. The summed E-state index contributed by atoms with van der Waals surface area (Å²) in [5.41, 5.74) is 6.64. The SMILES string of the molecule is Cc1nocc1C(=O)NC1CC1N. The van der Waals surface area contributed by atoms with Crippen LogP contribution in [0.2, 0.25) is 0 Å². The number of amides is 1. The fourth-order valence-electron chi connectivity index (χ4n) is 1.14. The van der Waals surface area contributed by atoms with E-state index in [1.807, 2.05) is 0 Å². The Morgan fingerprint density at radius 3 is 3.00 bits per heavy atom. The highest BCUT2D eigenvalue weighted by molar-refractivity contribution is 5.95.